The Balaban J connectivity index is 1.89. The lowest BCUT2D eigenvalue weighted by atomic mass is 10.0. The number of hydrogen-bond acceptors (Lipinski definition) is 3. The summed E-state index contributed by atoms with van der Waals surface area (Å²) in [6.45, 7) is 0. The Morgan fingerprint density at radius 2 is 1.55 bits per heavy atom. The van der Waals surface area contributed by atoms with Crippen LogP contribution in [-0.4, -0.2) is 27.0 Å². The molecule has 0 saturated carbocycles. The maximum atomic E-state index is 13.6. The molecule has 2 aromatic heterocycles. The molecule has 5 nitrogen and oxygen atoms in total. The van der Waals surface area contributed by atoms with Gasteiger partial charge in [0.15, 0.2) is 0 Å². The van der Waals surface area contributed by atoms with E-state index in [1.807, 2.05) is 24.3 Å². The van der Waals surface area contributed by atoms with E-state index in [2.05, 4.69) is 10.2 Å². The number of para-hydroxylation sites is 1. The lowest BCUT2D eigenvalue weighted by Crippen LogP contribution is -1.99. The fourth-order valence-corrected chi connectivity index (χ4v) is 3.82. The number of aromatic hydroxyl groups is 1. The van der Waals surface area contributed by atoms with Gasteiger partial charge in [0.25, 0.3) is 0 Å². The quantitative estimate of drug-likeness (QED) is 0.395. The number of fused-ring (bicyclic) bond motifs is 1. The second kappa shape index (κ2) is 7.28. The summed E-state index contributed by atoms with van der Waals surface area (Å²) in [5.41, 5.74) is 3.53. The molecule has 0 aliphatic heterocycles. The number of ether oxygens (including phenoxy) is 1. The minimum atomic E-state index is -0.381. The summed E-state index contributed by atoms with van der Waals surface area (Å²) < 4.78 is 34.2. The van der Waals surface area contributed by atoms with Crippen LogP contribution in [0.5, 0.6) is 11.6 Å². The van der Waals surface area contributed by atoms with Crippen LogP contribution < -0.4 is 4.74 Å². The Bertz CT molecular complexity index is 1390. The first-order valence-electron chi connectivity index (χ1n) is 9.55. The smallest absolute Gasteiger partial charge is 0.222 e. The Kier molecular flexibility index (Phi) is 4.43. The molecule has 0 radical (unpaired) electrons. The summed E-state index contributed by atoms with van der Waals surface area (Å²) in [5.74, 6) is -0.222. The summed E-state index contributed by atoms with van der Waals surface area (Å²) in [6, 6.07) is 19.2. The summed E-state index contributed by atoms with van der Waals surface area (Å²) in [5, 5.41) is 19.0. The van der Waals surface area contributed by atoms with Crippen LogP contribution in [0.1, 0.15) is 0 Å². The lowest BCUT2D eigenvalue weighted by molar-refractivity contribution is 0.416. The van der Waals surface area contributed by atoms with Gasteiger partial charge in [0.05, 0.1) is 18.2 Å². The fourth-order valence-electron chi connectivity index (χ4n) is 3.82. The fraction of sp³-hybridized carbons (Fsp3) is 0.0417. The van der Waals surface area contributed by atoms with Crippen molar-refractivity contribution in [1.82, 2.24) is 14.8 Å². The van der Waals surface area contributed by atoms with Gasteiger partial charge >= 0.3 is 0 Å². The minimum Gasteiger partial charge on any atom is -0.496 e. The molecular weight excluding hydrogens is 400 g/mol. The third-order valence-electron chi connectivity index (χ3n) is 5.23. The highest BCUT2D eigenvalue weighted by Gasteiger charge is 2.26. The zero-order valence-electron chi connectivity index (χ0n) is 16.4. The second-order valence-corrected chi connectivity index (χ2v) is 7.01. The standard InChI is InChI=1S/C24H17F2N3O2/c1-31-19-5-3-2-4-18(19)23-20-21(14-6-8-15(25)9-7-14)27-28-22(20)24(30)29(23)17-12-10-16(26)11-13-17/h2-13,28,30H,1H3. The molecule has 0 amide bonds. The predicted octanol–water partition coefficient (Wildman–Crippen LogP) is 5.68. The number of nitrogens with zero attached hydrogens (tertiary/aromatic N) is 2. The minimum absolute atomic E-state index is 0.0802. The first-order chi connectivity index (χ1) is 15.1. The predicted molar refractivity (Wildman–Crippen MR) is 114 cm³/mol. The highest BCUT2D eigenvalue weighted by Crippen LogP contribution is 2.45. The highest BCUT2D eigenvalue weighted by atomic mass is 19.1. The lowest BCUT2D eigenvalue weighted by Gasteiger charge is -2.14. The largest absolute Gasteiger partial charge is 0.496 e. The Hall–Kier alpha value is -4.13. The molecule has 2 heterocycles. The number of hydrogen-bond donors (Lipinski definition) is 2. The summed E-state index contributed by atoms with van der Waals surface area (Å²) in [7, 11) is 1.57. The van der Waals surface area contributed by atoms with Crippen LogP contribution in [-0.2, 0) is 0 Å². The van der Waals surface area contributed by atoms with Crippen molar-refractivity contribution in [3.05, 3.63) is 84.4 Å². The van der Waals surface area contributed by atoms with Crippen LogP contribution in [0.4, 0.5) is 8.78 Å². The molecule has 0 fully saturated rings. The van der Waals surface area contributed by atoms with E-state index >= 15 is 0 Å². The van der Waals surface area contributed by atoms with Crippen molar-refractivity contribution in [3.8, 4) is 39.8 Å². The molecule has 3 aromatic carbocycles. The molecule has 2 N–H and O–H groups in total. The van der Waals surface area contributed by atoms with Crippen molar-refractivity contribution in [1.29, 1.82) is 0 Å². The molecule has 0 aliphatic carbocycles. The molecule has 5 rings (SSSR count). The Morgan fingerprint density at radius 3 is 2.23 bits per heavy atom. The first-order valence-corrected chi connectivity index (χ1v) is 9.55. The van der Waals surface area contributed by atoms with Crippen LogP contribution in [0.25, 0.3) is 39.1 Å². The van der Waals surface area contributed by atoms with Gasteiger partial charge in [0, 0.05) is 16.8 Å². The van der Waals surface area contributed by atoms with Crippen molar-refractivity contribution in [2.24, 2.45) is 0 Å². The maximum Gasteiger partial charge on any atom is 0.222 e. The summed E-state index contributed by atoms with van der Waals surface area (Å²) in [6.07, 6.45) is 0. The van der Waals surface area contributed by atoms with Crippen LogP contribution in [0, 0.1) is 11.6 Å². The molecule has 0 spiro atoms. The number of methoxy groups -OCH3 is 1. The Labute approximate surface area is 176 Å². The van der Waals surface area contributed by atoms with Gasteiger partial charge in [-0.3, -0.25) is 9.67 Å². The molecule has 7 heteroatoms. The van der Waals surface area contributed by atoms with E-state index in [0.29, 0.717) is 44.9 Å². The van der Waals surface area contributed by atoms with Gasteiger partial charge in [-0.25, -0.2) is 8.78 Å². The molecule has 0 unspecified atom stereocenters. The zero-order chi connectivity index (χ0) is 21.5. The Morgan fingerprint density at radius 1 is 0.903 bits per heavy atom. The average molecular weight is 417 g/mol. The second-order valence-electron chi connectivity index (χ2n) is 7.01. The van der Waals surface area contributed by atoms with Gasteiger partial charge in [-0.2, -0.15) is 5.10 Å². The molecule has 0 bridgehead atoms. The van der Waals surface area contributed by atoms with Gasteiger partial charge < -0.3 is 9.84 Å². The number of rotatable bonds is 4. The summed E-state index contributed by atoms with van der Waals surface area (Å²) in [4.78, 5) is 0. The van der Waals surface area contributed by atoms with Gasteiger partial charge in [0.1, 0.15) is 28.6 Å². The molecular formula is C24H17F2N3O2. The van der Waals surface area contributed by atoms with Gasteiger partial charge in [-0.15, -0.1) is 0 Å². The van der Waals surface area contributed by atoms with Crippen LogP contribution in [0.15, 0.2) is 72.8 Å². The highest BCUT2D eigenvalue weighted by molar-refractivity contribution is 6.07. The molecule has 5 aromatic rings. The van der Waals surface area contributed by atoms with E-state index in [1.54, 1.807) is 35.9 Å². The number of aromatic nitrogens is 3. The van der Waals surface area contributed by atoms with Crippen molar-refractivity contribution in [2.45, 2.75) is 0 Å². The van der Waals surface area contributed by atoms with Crippen molar-refractivity contribution >= 4 is 10.9 Å². The van der Waals surface area contributed by atoms with E-state index in [9.17, 15) is 13.9 Å². The van der Waals surface area contributed by atoms with Gasteiger partial charge in [0.2, 0.25) is 5.88 Å². The SMILES string of the molecule is COc1ccccc1-c1c2c(-c3ccc(F)cc3)n[nH]c2c(O)n1-c1ccc(F)cc1. The molecule has 0 atom stereocenters. The average Bonchev–Trinajstić information content (AvgIpc) is 3.34. The zero-order valence-corrected chi connectivity index (χ0v) is 16.4. The topological polar surface area (TPSA) is 63.1 Å². The van der Waals surface area contributed by atoms with Crippen LogP contribution >= 0.6 is 0 Å². The first kappa shape index (κ1) is 18.9. The third kappa shape index (κ3) is 3.02. The van der Waals surface area contributed by atoms with E-state index in [4.69, 9.17) is 4.74 Å². The van der Waals surface area contributed by atoms with E-state index in [1.165, 1.54) is 24.3 Å². The van der Waals surface area contributed by atoms with Crippen molar-refractivity contribution in [2.75, 3.05) is 7.11 Å². The monoisotopic (exact) mass is 417 g/mol. The molecule has 0 saturated heterocycles. The maximum absolute atomic E-state index is 13.6. The molecule has 154 valence electrons. The number of benzene rings is 3. The van der Waals surface area contributed by atoms with E-state index < -0.39 is 0 Å². The number of aromatic amines is 1. The number of H-pyrrole nitrogens is 1. The number of halogens is 2. The summed E-state index contributed by atoms with van der Waals surface area (Å²) >= 11 is 0. The molecule has 31 heavy (non-hydrogen) atoms. The van der Waals surface area contributed by atoms with Crippen molar-refractivity contribution < 1.29 is 18.6 Å². The van der Waals surface area contributed by atoms with Crippen LogP contribution in [0.3, 0.4) is 0 Å². The van der Waals surface area contributed by atoms with Crippen molar-refractivity contribution in [3.63, 3.8) is 0 Å². The van der Waals surface area contributed by atoms with Crippen LogP contribution in [0.2, 0.25) is 0 Å². The van der Waals surface area contributed by atoms with Gasteiger partial charge in [-0.1, -0.05) is 12.1 Å². The van der Waals surface area contributed by atoms with E-state index in [0.717, 1.165) is 0 Å². The number of nitrogens with one attached hydrogen (secondary N) is 1. The normalized spacial score (nSPS) is 11.2. The third-order valence-corrected chi connectivity index (χ3v) is 5.23. The molecule has 0 aliphatic rings. The van der Waals surface area contributed by atoms with E-state index in [-0.39, 0.29) is 17.5 Å². The van der Waals surface area contributed by atoms with Gasteiger partial charge in [-0.05, 0) is 60.7 Å².